The second-order valence-electron chi connectivity index (χ2n) is 4.91. The molecule has 0 radical (unpaired) electrons. The molecule has 1 aliphatic rings. The van der Waals surface area contributed by atoms with E-state index in [9.17, 15) is 0 Å². The summed E-state index contributed by atoms with van der Waals surface area (Å²) in [6.07, 6.45) is 7.57. The van der Waals surface area contributed by atoms with E-state index in [2.05, 4.69) is 81.9 Å². The topological polar surface area (TPSA) is 12.0 Å². The summed E-state index contributed by atoms with van der Waals surface area (Å²) in [6, 6.07) is 19.2. The van der Waals surface area contributed by atoms with E-state index in [1.54, 1.807) is 0 Å². The van der Waals surface area contributed by atoms with Gasteiger partial charge in [-0.15, -0.1) is 0 Å². The summed E-state index contributed by atoms with van der Waals surface area (Å²) in [5, 5.41) is 3.56. The van der Waals surface area contributed by atoms with Crippen molar-refractivity contribution in [2.75, 3.05) is 5.32 Å². The first-order chi connectivity index (χ1) is 9.81. The number of allylic oxidation sites excluding steroid dienone is 2. The highest BCUT2D eigenvalue weighted by atomic mass is 79.9. The molecule has 0 heterocycles. The fraction of sp³-hybridized carbons (Fsp3) is 0.111. The molecule has 0 saturated carbocycles. The summed E-state index contributed by atoms with van der Waals surface area (Å²) in [4.78, 5) is 0. The van der Waals surface area contributed by atoms with Crippen LogP contribution in [-0.4, -0.2) is 6.04 Å². The molecule has 0 aromatic heterocycles. The van der Waals surface area contributed by atoms with Gasteiger partial charge in [0, 0.05) is 16.2 Å². The molecular formula is C18H16BrN. The smallest absolute Gasteiger partial charge is 0.0488 e. The van der Waals surface area contributed by atoms with Crippen LogP contribution in [0.15, 0.2) is 77.3 Å². The number of halogens is 1. The van der Waals surface area contributed by atoms with Crippen molar-refractivity contribution in [1.82, 2.24) is 0 Å². The van der Waals surface area contributed by atoms with Crippen LogP contribution in [0.2, 0.25) is 0 Å². The highest BCUT2D eigenvalue weighted by molar-refractivity contribution is 9.10. The summed E-state index contributed by atoms with van der Waals surface area (Å²) in [7, 11) is 0. The van der Waals surface area contributed by atoms with Crippen LogP contribution in [0, 0.1) is 0 Å². The van der Waals surface area contributed by atoms with Gasteiger partial charge in [-0.1, -0.05) is 70.6 Å². The Bertz CT molecular complexity index is 643. The van der Waals surface area contributed by atoms with Gasteiger partial charge in [-0.2, -0.15) is 0 Å². The molecule has 0 spiro atoms. The molecule has 0 saturated heterocycles. The fourth-order valence-electron chi connectivity index (χ4n) is 2.44. The molecule has 3 rings (SSSR count). The fourth-order valence-corrected chi connectivity index (χ4v) is 2.84. The molecular weight excluding hydrogens is 310 g/mol. The minimum Gasteiger partial charge on any atom is -0.378 e. The lowest BCUT2D eigenvalue weighted by molar-refractivity contribution is 0.897. The second-order valence-corrected chi connectivity index (χ2v) is 5.82. The van der Waals surface area contributed by atoms with Crippen molar-refractivity contribution in [1.29, 1.82) is 0 Å². The number of rotatable bonds is 3. The Balaban J connectivity index is 1.72. The van der Waals surface area contributed by atoms with Gasteiger partial charge >= 0.3 is 0 Å². The summed E-state index contributed by atoms with van der Waals surface area (Å²) >= 11 is 3.51. The predicted octanol–water partition coefficient (Wildman–Crippen LogP) is 5.27. The molecule has 1 nitrogen and oxygen atoms in total. The van der Waals surface area contributed by atoms with Gasteiger partial charge < -0.3 is 5.32 Å². The van der Waals surface area contributed by atoms with Crippen LogP contribution in [0.1, 0.15) is 12.0 Å². The van der Waals surface area contributed by atoms with Gasteiger partial charge in [0.2, 0.25) is 0 Å². The molecule has 20 heavy (non-hydrogen) atoms. The first-order valence-electron chi connectivity index (χ1n) is 6.76. The lowest BCUT2D eigenvalue weighted by Gasteiger charge is -2.21. The van der Waals surface area contributed by atoms with Crippen LogP contribution < -0.4 is 5.32 Å². The SMILES string of the molecule is Brc1cccc(NC2C=CC=C(c3ccccc3)C2)c1. The Labute approximate surface area is 128 Å². The lowest BCUT2D eigenvalue weighted by Crippen LogP contribution is -2.18. The highest BCUT2D eigenvalue weighted by Gasteiger charge is 2.12. The molecule has 0 bridgehead atoms. The molecule has 100 valence electrons. The van der Waals surface area contributed by atoms with E-state index in [1.807, 2.05) is 12.1 Å². The van der Waals surface area contributed by atoms with Crippen LogP contribution in [0.5, 0.6) is 0 Å². The Morgan fingerprint density at radius 1 is 1.00 bits per heavy atom. The van der Waals surface area contributed by atoms with Crippen molar-refractivity contribution in [2.45, 2.75) is 12.5 Å². The minimum atomic E-state index is 0.338. The van der Waals surface area contributed by atoms with Gasteiger partial charge in [0.1, 0.15) is 0 Å². The van der Waals surface area contributed by atoms with Crippen LogP contribution >= 0.6 is 15.9 Å². The third kappa shape index (κ3) is 3.20. The normalized spacial score (nSPS) is 17.6. The third-order valence-electron chi connectivity index (χ3n) is 3.40. The van der Waals surface area contributed by atoms with Gasteiger partial charge in [-0.05, 0) is 35.8 Å². The second kappa shape index (κ2) is 6.10. The summed E-state index contributed by atoms with van der Waals surface area (Å²) < 4.78 is 1.10. The van der Waals surface area contributed by atoms with E-state index in [0.29, 0.717) is 6.04 Å². The summed E-state index contributed by atoms with van der Waals surface area (Å²) in [6.45, 7) is 0. The number of hydrogen-bond donors (Lipinski definition) is 1. The Hall–Kier alpha value is -1.80. The average Bonchev–Trinajstić information content (AvgIpc) is 2.48. The molecule has 0 fully saturated rings. The van der Waals surface area contributed by atoms with E-state index in [0.717, 1.165) is 16.6 Å². The van der Waals surface area contributed by atoms with Crippen molar-refractivity contribution in [3.05, 3.63) is 82.9 Å². The molecule has 2 heteroatoms. The van der Waals surface area contributed by atoms with Crippen molar-refractivity contribution in [3.63, 3.8) is 0 Å². The molecule has 1 atom stereocenters. The number of nitrogens with one attached hydrogen (secondary N) is 1. The van der Waals surface area contributed by atoms with E-state index >= 15 is 0 Å². The van der Waals surface area contributed by atoms with Crippen molar-refractivity contribution >= 4 is 27.2 Å². The Morgan fingerprint density at radius 3 is 2.65 bits per heavy atom. The van der Waals surface area contributed by atoms with Gasteiger partial charge in [0.05, 0.1) is 0 Å². The molecule has 1 aliphatic carbocycles. The van der Waals surface area contributed by atoms with E-state index < -0.39 is 0 Å². The molecule has 1 N–H and O–H groups in total. The molecule has 2 aromatic rings. The maximum Gasteiger partial charge on any atom is 0.0488 e. The largest absolute Gasteiger partial charge is 0.378 e. The van der Waals surface area contributed by atoms with Gasteiger partial charge in [-0.25, -0.2) is 0 Å². The first-order valence-corrected chi connectivity index (χ1v) is 7.55. The number of anilines is 1. The van der Waals surface area contributed by atoms with Crippen LogP contribution in [0.4, 0.5) is 5.69 Å². The van der Waals surface area contributed by atoms with Crippen molar-refractivity contribution < 1.29 is 0 Å². The standard InChI is InChI=1S/C18H16BrN/c19-16-9-5-11-18(13-16)20-17-10-4-8-15(12-17)14-6-2-1-3-7-14/h1-11,13,17,20H,12H2. The molecule has 0 aliphatic heterocycles. The minimum absolute atomic E-state index is 0.338. The molecule has 0 amide bonds. The number of hydrogen-bond acceptors (Lipinski definition) is 1. The molecule has 1 unspecified atom stereocenters. The average molecular weight is 326 g/mol. The van der Waals surface area contributed by atoms with Crippen LogP contribution in [0.3, 0.4) is 0 Å². The monoisotopic (exact) mass is 325 g/mol. The first kappa shape index (κ1) is 13.2. The summed E-state index contributed by atoms with van der Waals surface area (Å²) in [5.41, 5.74) is 3.82. The van der Waals surface area contributed by atoms with Crippen LogP contribution in [0.25, 0.3) is 5.57 Å². The van der Waals surface area contributed by atoms with Gasteiger partial charge in [0.25, 0.3) is 0 Å². The maximum atomic E-state index is 3.56. The zero-order valence-electron chi connectivity index (χ0n) is 11.1. The maximum absolute atomic E-state index is 3.56. The quantitative estimate of drug-likeness (QED) is 0.810. The van der Waals surface area contributed by atoms with Crippen molar-refractivity contribution in [3.8, 4) is 0 Å². The Morgan fingerprint density at radius 2 is 1.85 bits per heavy atom. The summed E-state index contributed by atoms with van der Waals surface area (Å²) in [5.74, 6) is 0. The third-order valence-corrected chi connectivity index (χ3v) is 3.90. The highest BCUT2D eigenvalue weighted by Crippen LogP contribution is 2.26. The molecule has 2 aromatic carbocycles. The lowest BCUT2D eigenvalue weighted by atomic mass is 9.94. The zero-order valence-corrected chi connectivity index (χ0v) is 12.7. The van der Waals surface area contributed by atoms with E-state index in [-0.39, 0.29) is 0 Å². The van der Waals surface area contributed by atoms with E-state index in [4.69, 9.17) is 0 Å². The van der Waals surface area contributed by atoms with Crippen LogP contribution in [-0.2, 0) is 0 Å². The van der Waals surface area contributed by atoms with Gasteiger partial charge in [0.15, 0.2) is 0 Å². The predicted molar refractivity (Wildman–Crippen MR) is 89.7 cm³/mol. The van der Waals surface area contributed by atoms with Gasteiger partial charge in [-0.3, -0.25) is 0 Å². The number of benzene rings is 2. The van der Waals surface area contributed by atoms with Crippen molar-refractivity contribution in [2.24, 2.45) is 0 Å². The zero-order chi connectivity index (χ0) is 13.8. The van der Waals surface area contributed by atoms with E-state index in [1.165, 1.54) is 11.1 Å². The Kier molecular flexibility index (Phi) is 4.03.